The Bertz CT molecular complexity index is 399. The minimum absolute atomic E-state index is 0.217. The van der Waals surface area contributed by atoms with Crippen molar-refractivity contribution in [1.29, 1.82) is 0 Å². The van der Waals surface area contributed by atoms with Crippen molar-refractivity contribution in [3.8, 4) is 5.75 Å². The van der Waals surface area contributed by atoms with Gasteiger partial charge in [0.25, 0.3) is 0 Å². The zero-order valence-electron chi connectivity index (χ0n) is 11.3. The summed E-state index contributed by atoms with van der Waals surface area (Å²) in [5.41, 5.74) is 1.08. The second kappa shape index (κ2) is 4.37. The molecule has 0 aromatic heterocycles. The van der Waals surface area contributed by atoms with Crippen LogP contribution in [0.4, 0.5) is 0 Å². The van der Waals surface area contributed by atoms with Crippen LogP contribution in [0.2, 0.25) is 10.0 Å². The first-order chi connectivity index (χ1) is 7.46. The minimum Gasteiger partial charge on any atom is -0.507 e. The molecule has 17 heavy (non-hydrogen) atoms. The molecule has 0 fully saturated rings. The molecule has 1 aromatic rings. The lowest BCUT2D eigenvalue weighted by Gasteiger charge is -2.29. The molecule has 0 aliphatic carbocycles. The van der Waals surface area contributed by atoms with Gasteiger partial charge in [-0.3, -0.25) is 0 Å². The van der Waals surface area contributed by atoms with Crippen LogP contribution in [0.15, 0.2) is 6.07 Å². The molecule has 1 N–H and O–H groups in total. The van der Waals surface area contributed by atoms with Crippen molar-refractivity contribution in [3.63, 3.8) is 0 Å². The summed E-state index contributed by atoms with van der Waals surface area (Å²) < 4.78 is 0. The number of hydrogen-bond donors (Lipinski definition) is 1. The number of rotatable bonds is 0. The van der Waals surface area contributed by atoms with Crippen LogP contribution in [0.5, 0.6) is 5.75 Å². The SMILES string of the molecule is CC(C)(C)c1c(Cl)cc(Cl)c(C(C)(C)C)c1O. The van der Waals surface area contributed by atoms with E-state index in [9.17, 15) is 5.11 Å². The van der Waals surface area contributed by atoms with Crippen molar-refractivity contribution >= 4 is 23.2 Å². The average molecular weight is 275 g/mol. The van der Waals surface area contributed by atoms with Gasteiger partial charge in [0, 0.05) is 21.2 Å². The van der Waals surface area contributed by atoms with Gasteiger partial charge in [-0.05, 0) is 16.9 Å². The van der Waals surface area contributed by atoms with Crippen LogP contribution in [0.25, 0.3) is 0 Å². The maximum atomic E-state index is 10.5. The predicted octanol–water partition coefficient (Wildman–Crippen LogP) is 5.29. The van der Waals surface area contributed by atoms with E-state index in [-0.39, 0.29) is 16.6 Å². The van der Waals surface area contributed by atoms with E-state index in [1.165, 1.54) is 0 Å². The molecule has 1 nitrogen and oxygen atoms in total. The van der Waals surface area contributed by atoms with Gasteiger partial charge in [0.1, 0.15) is 5.75 Å². The number of halogens is 2. The summed E-state index contributed by atoms with van der Waals surface area (Å²) in [5, 5.41) is 11.5. The van der Waals surface area contributed by atoms with Crippen LogP contribution in [0, 0.1) is 0 Å². The normalized spacial score (nSPS) is 12.9. The van der Waals surface area contributed by atoms with E-state index < -0.39 is 0 Å². The van der Waals surface area contributed by atoms with Crippen LogP contribution in [-0.2, 0) is 10.8 Å². The number of hydrogen-bond acceptors (Lipinski definition) is 1. The van der Waals surface area contributed by atoms with Gasteiger partial charge in [0.2, 0.25) is 0 Å². The number of phenols is 1. The van der Waals surface area contributed by atoms with Crippen LogP contribution in [0.1, 0.15) is 52.7 Å². The fourth-order valence-electron chi connectivity index (χ4n) is 2.03. The molecule has 0 aliphatic heterocycles. The molecular weight excluding hydrogens is 255 g/mol. The highest BCUT2D eigenvalue weighted by Crippen LogP contribution is 2.46. The molecule has 96 valence electrons. The van der Waals surface area contributed by atoms with Crippen molar-refractivity contribution in [3.05, 3.63) is 27.2 Å². The lowest BCUT2D eigenvalue weighted by molar-refractivity contribution is 0.423. The molecular formula is C14H20Cl2O. The highest BCUT2D eigenvalue weighted by atomic mass is 35.5. The highest BCUT2D eigenvalue weighted by molar-refractivity contribution is 6.36. The molecule has 0 bridgehead atoms. The van der Waals surface area contributed by atoms with Gasteiger partial charge < -0.3 is 5.11 Å². The number of phenolic OH excluding ortho intramolecular Hbond substituents is 1. The van der Waals surface area contributed by atoms with Gasteiger partial charge in [-0.2, -0.15) is 0 Å². The fraction of sp³-hybridized carbons (Fsp3) is 0.571. The summed E-state index contributed by atoms with van der Waals surface area (Å²) in [7, 11) is 0. The largest absolute Gasteiger partial charge is 0.507 e. The van der Waals surface area contributed by atoms with Crippen molar-refractivity contribution in [1.82, 2.24) is 0 Å². The maximum Gasteiger partial charge on any atom is 0.126 e. The summed E-state index contributed by atoms with van der Waals surface area (Å²) in [6.45, 7) is 12.1. The van der Waals surface area contributed by atoms with E-state index >= 15 is 0 Å². The van der Waals surface area contributed by atoms with Crippen molar-refractivity contribution < 1.29 is 5.11 Å². The summed E-state index contributed by atoms with van der Waals surface area (Å²) in [6, 6.07) is 1.73. The smallest absolute Gasteiger partial charge is 0.126 e. The summed E-state index contributed by atoms with van der Waals surface area (Å²) in [5.74, 6) is 0.225. The molecule has 1 aromatic carbocycles. The molecule has 0 unspecified atom stereocenters. The highest BCUT2D eigenvalue weighted by Gasteiger charge is 2.30. The third-order valence-electron chi connectivity index (χ3n) is 2.70. The zero-order chi connectivity index (χ0) is 13.6. The Kier molecular flexibility index (Phi) is 3.76. The maximum absolute atomic E-state index is 10.5. The Balaban J connectivity index is 3.67. The summed E-state index contributed by atoms with van der Waals surface area (Å²) in [6.07, 6.45) is 0. The average Bonchev–Trinajstić information content (AvgIpc) is 1.94. The van der Waals surface area contributed by atoms with Crippen molar-refractivity contribution in [2.75, 3.05) is 0 Å². The van der Waals surface area contributed by atoms with Crippen LogP contribution in [0.3, 0.4) is 0 Å². The van der Waals surface area contributed by atoms with E-state index in [2.05, 4.69) is 0 Å². The molecule has 0 atom stereocenters. The molecule has 0 saturated carbocycles. The van der Waals surface area contributed by atoms with Crippen molar-refractivity contribution in [2.45, 2.75) is 52.4 Å². The van der Waals surface area contributed by atoms with E-state index in [1.807, 2.05) is 41.5 Å². The minimum atomic E-state index is -0.217. The Morgan fingerprint density at radius 2 is 1.12 bits per heavy atom. The Morgan fingerprint density at radius 3 is 1.35 bits per heavy atom. The monoisotopic (exact) mass is 274 g/mol. The lowest BCUT2D eigenvalue weighted by atomic mass is 9.79. The van der Waals surface area contributed by atoms with Crippen LogP contribution >= 0.6 is 23.2 Å². The quantitative estimate of drug-likeness (QED) is 0.681. The topological polar surface area (TPSA) is 20.2 Å². The number of aromatic hydroxyl groups is 1. The lowest BCUT2D eigenvalue weighted by Crippen LogP contribution is -2.18. The van der Waals surface area contributed by atoms with Crippen molar-refractivity contribution in [2.24, 2.45) is 0 Å². The van der Waals surface area contributed by atoms with E-state index in [1.54, 1.807) is 6.07 Å². The van der Waals surface area contributed by atoms with Crippen LogP contribution in [-0.4, -0.2) is 5.11 Å². The molecule has 3 heteroatoms. The Morgan fingerprint density at radius 1 is 0.824 bits per heavy atom. The zero-order valence-corrected chi connectivity index (χ0v) is 12.8. The van der Waals surface area contributed by atoms with E-state index in [4.69, 9.17) is 23.2 Å². The Hall–Kier alpha value is -0.400. The van der Waals surface area contributed by atoms with Gasteiger partial charge in [0.15, 0.2) is 0 Å². The summed E-state index contributed by atoms with van der Waals surface area (Å²) >= 11 is 12.4. The van der Waals surface area contributed by atoms with Gasteiger partial charge in [0.05, 0.1) is 0 Å². The Labute approximate surface area is 114 Å². The molecule has 0 heterocycles. The first-order valence-electron chi connectivity index (χ1n) is 5.68. The van der Waals surface area contributed by atoms with Crippen LogP contribution < -0.4 is 0 Å². The second-order valence-corrected chi connectivity index (χ2v) is 7.25. The molecule has 0 spiro atoms. The third kappa shape index (κ3) is 2.89. The molecule has 1 rings (SSSR count). The first kappa shape index (κ1) is 14.7. The standard InChI is InChI=1S/C14H20Cl2O/c1-13(2,3)10-8(15)7-9(16)11(12(10)17)14(4,5)6/h7,17H,1-6H3. The molecule has 0 radical (unpaired) electrons. The molecule has 0 aliphatic rings. The fourth-order valence-corrected chi connectivity index (χ4v) is 3.05. The van der Waals surface area contributed by atoms with Gasteiger partial charge in [-0.1, -0.05) is 64.7 Å². The summed E-state index contributed by atoms with van der Waals surface area (Å²) in [4.78, 5) is 0. The van der Waals surface area contributed by atoms with E-state index in [0.29, 0.717) is 10.0 Å². The first-order valence-corrected chi connectivity index (χ1v) is 6.43. The predicted molar refractivity (Wildman–Crippen MR) is 75.5 cm³/mol. The molecule has 0 saturated heterocycles. The third-order valence-corrected chi connectivity index (χ3v) is 3.30. The van der Waals surface area contributed by atoms with Gasteiger partial charge in [-0.15, -0.1) is 0 Å². The van der Waals surface area contributed by atoms with E-state index in [0.717, 1.165) is 11.1 Å². The second-order valence-electron chi connectivity index (χ2n) is 6.44. The molecule has 0 amide bonds. The number of benzene rings is 1. The van der Waals surface area contributed by atoms with Gasteiger partial charge >= 0.3 is 0 Å². The van der Waals surface area contributed by atoms with Gasteiger partial charge in [-0.25, -0.2) is 0 Å².